The van der Waals surface area contributed by atoms with Crippen molar-refractivity contribution >= 4 is 23.0 Å². The number of carbonyl (C=O) groups excluding carboxylic acids is 1. The van der Waals surface area contributed by atoms with Gasteiger partial charge in [0, 0.05) is 41.0 Å². The first-order valence-electron chi connectivity index (χ1n) is 9.85. The van der Waals surface area contributed by atoms with Gasteiger partial charge in [-0.3, -0.25) is 14.9 Å². The summed E-state index contributed by atoms with van der Waals surface area (Å²) in [6.07, 6.45) is 3.82. The summed E-state index contributed by atoms with van der Waals surface area (Å²) >= 11 is 0. The third-order valence-corrected chi connectivity index (χ3v) is 5.16. The van der Waals surface area contributed by atoms with E-state index in [0.29, 0.717) is 40.1 Å². The van der Waals surface area contributed by atoms with Crippen molar-refractivity contribution in [1.29, 1.82) is 0 Å². The summed E-state index contributed by atoms with van der Waals surface area (Å²) in [4.78, 5) is 31.2. The highest BCUT2D eigenvalue weighted by Gasteiger charge is 2.18. The lowest BCUT2D eigenvalue weighted by atomic mass is 10.0. The number of benzene rings is 2. The van der Waals surface area contributed by atoms with Gasteiger partial charge in [-0.25, -0.2) is 19.0 Å². The summed E-state index contributed by atoms with van der Waals surface area (Å²) in [7, 11) is 0. The molecule has 0 unspecified atom stereocenters. The molecule has 0 spiro atoms. The van der Waals surface area contributed by atoms with E-state index in [1.165, 1.54) is 47.3 Å². The fraction of sp³-hybridized carbons (Fsp3) is 0. The molecule has 3 heterocycles. The molecule has 0 radical (unpaired) electrons. The molecular weight excluding hydrogens is 425 g/mol. The van der Waals surface area contributed by atoms with Crippen LogP contribution in [-0.2, 0) is 0 Å². The highest BCUT2D eigenvalue weighted by molar-refractivity contribution is 5.87. The lowest BCUT2D eigenvalue weighted by Crippen LogP contribution is -2.03. The van der Waals surface area contributed by atoms with E-state index in [-0.39, 0.29) is 17.1 Å². The number of nitrogens with zero attached hydrogens (tertiary/aromatic N) is 5. The first-order chi connectivity index (χ1) is 16.0. The van der Waals surface area contributed by atoms with Gasteiger partial charge in [0.2, 0.25) is 0 Å². The Hall–Kier alpha value is -4.79. The predicted molar refractivity (Wildman–Crippen MR) is 120 cm³/mol. The number of carbonyl (C=O) groups is 1. The van der Waals surface area contributed by atoms with Crippen molar-refractivity contribution in [3.63, 3.8) is 0 Å². The fourth-order valence-corrected chi connectivity index (χ4v) is 3.56. The van der Waals surface area contributed by atoms with Crippen LogP contribution in [0, 0.1) is 15.9 Å². The number of nitro groups is 1. The highest BCUT2D eigenvalue weighted by Crippen LogP contribution is 2.31. The standard InChI is InChI=1S/C24H14FN5O3/c25-19-7-3-15(4-8-19)21-12-17-2-1-11-26-23(17)27-24(21)29-13-18(14-31)22(28-29)16-5-9-20(10-6-16)30(32)33/h1-14H. The van der Waals surface area contributed by atoms with Gasteiger partial charge in [-0.2, -0.15) is 5.10 Å². The second-order valence-electron chi connectivity index (χ2n) is 7.22. The molecule has 33 heavy (non-hydrogen) atoms. The van der Waals surface area contributed by atoms with Gasteiger partial charge < -0.3 is 0 Å². The van der Waals surface area contributed by atoms with Crippen LogP contribution in [0.5, 0.6) is 0 Å². The van der Waals surface area contributed by atoms with Crippen LogP contribution in [0.2, 0.25) is 0 Å². The molecule has 8 nitrogen and oxygen atoms in total. The molecule has 0 fully saturated rings. The zero-order chi connectivity index (χ0) is 22.9. The molecule has 5 aromatic rings. The van der Waals surface area contributed by atoms with Gasteiger partial charge in [-0.15, -0.1) is 0 Å². The van der Waals surface area contributed by atoms with Crippen LogP contribution in [-0.4, -0.2) is 31.0 Å². The molecule has 0 atom stereocenters. The zero-order valence-electron chi connectivity index (χ0n) is 16.9. The summed E-state index contributed by atoms with van der Waals surface area (Å²) in [5, 5.41) is 16.3. The van der Waals surface area contributed by atoms with Crippen molar-refractivity contribution in [3.8, 4) is 28.2 Å². The molecular formula is C24H14FN5O3. The maximum Gasteiger partial charge on any atom is 0.269 e. The number of aromatic nitrogens is 4. The average Bonchev–Trinajstić information content (AvgIpc) is 3.28. The van der Waals surface area contributed by atoms with Crippen LogP contribution < -0.4 is 0 Å². The second kappa shape index (κ2) is 8.04. The topological polar surface area (TPSA) is 104 Å². The van der Waals surface area contributed by atoms with Crippen LogP contribution >= 0.6 is 0 Å². The Bertz CT molecular complexity index is 1510. The Labute approximate surface area is 186 Å². The molecule has 3 aromatic heterocycles. The van der Waals surface area contributed by atoms with Crippen molar-refractivity contribution in [1.82, 2.24) is 19.7 Å². The van der Waals surface area contributed by atoms with Crippen molar-refractivity contribution in [2.75, 3.05) is 0 Å². The number of hydrogen-bond acceptors (Lipinski definition) is 6. The summed E-state index contributed by atoms with van der Waals surface area (Å²) in [5.74, 6) is 0.0440. The smallest absolute Gasteiger partial charge is 0.269 e. The number of pyridine rings is 2. The van der Waals surface area contributed by atoms with E-state index < -0.39 is 4.92 Å². The quantitative estimate of drug-likeness (QED) is 0.217. The van der Waals surface area contributed by atoms with E-state index in [2.05, 4.69) is 15.1 Å². The number of hydrogen-bond donors (Lipinski definition) is 0. The van der Waals surface area contributed by atoms with Gasteiger partial charge in [-0.1, -0.05) is 12.1 Å². The Balaban J connectivity index is 1.70. The van der Waals surface area contributed by atoms with Crippen LogP contribution in [0.4, 0.5) is 10.1 Å². The number of halogens is 1. The molecule has 0 saturated heterocycles. The Morgan fingerprint density at radius 2 is 1.73 bits per heavy atom. The molecule has 9 heteroatoms. The highest BCUT2D eigenvalue weighted by atomic mass is 19.1. The second-order valence-corrected chi connectivity index (χ2v) is 7.22. The van der Waals surface area contributed by atoms with Crippen LogP contribution in [0.15, 0.2) is 79.1 Å². The summed E-state index contributed by atoms with van der Waals surface area (Å²) in [6.45, 7) is 0. The molecule has 0 bridgehead atoms. The Morgan fingerprint density at radius 1 is 1.00 bits per heavy atom. The summed E-state index contributed by atoms with van der Waals surface area (Å²) in [6, 6.07) is 17.3. The molecule has 0 aliphatic carbocycles. The van der Waals surface area contributed by atoms with E-state index in [1.807, 2.05) is 12.1 Å². The van der Waals surface area contributed by atoms with E-state index >= 15 is 0 Å². The minimum absolute atomic E-state index is 0.0632. The Kier molecular flexibility index (Phi) is 4.91. The van der Waals surface area contributed by atoms with E-state index in [4.69, 9.17) is 0 Å². The Morgan fingerprint density at radius 3 is 2.42 bits per heavy atom. The molecule has 2 aromatic carbocycles. The monoisotopic (exact) mass is 439 g/mol. The lowest BCUT2D eigenvalue weighted by molar-refractivity contribution is -0.384. The third kappa shape index (κ3) is 3.72. The van der Waals surface area contributed by atoms with Gasteiger partial charge >= 0.3 is 0 Å². The zero-order valence-corrected chi connectivity index (χ0v) is 16.9. The molecule has 0 saturated carbocycles. The minimum atomic E-state index is -0.496. The van der Waals surface area contributed by atoms with E-state index in [0.717, 1.165) is 5.39 Å². The number of nitro benzene ring substituents is 1. The van der Waals surface area contributed by atoms with Crippen molar-refractivity contribution in [2.45, 2.75) is 0 Å². The molecule has 0 N–H and O–H groups in total. The summed E-state index contributed by atoms with van der Waals surface area (Å²) < 4.78 is 15.0. The van der Waals surface area contributed by atoms with Gasteiger partial charge in [0.25, 0.3) is 5.69 Å². The van der Waals surface area contributed by atoms with Crippen LogP contribution in [0.3, 0.4) is 0 Å². The average molecular weight is 439 g/mol. The van der Waals surface area contributed by atoms with Crippen LogP contribution in [0.25, 0.3) is 39.2 Å². The maximum absolute atomic E-state index is 13.5. The molecule has 160 valence electrons. The third-order valence-electron chi connectivity index (χ3n) is 5.16. The predicted octanol–water partition coefficient (Wildman–Crippen LogP) is 5.01. The number of non-ortho nitro benzene ring substituents is 1. The van der Waals surface area contributed by atoms with Crippen LogP contribution in [0.1, 0.15) is 10.4 Å². The van der Waals surface area contributed by atoms with Gasteiger partial charge in [-0.05, 0) is 48.0 Å². The van der Waals surface area contributed by atoms with Crippen molar-refractivity contribution in [3.05, 3.63) is 101 Å². The van der Waals surface area contributed by atoms with E-state index in [1.54, 1.807) is 24.4 Å². The first kappa shape index (κ1) is 20.1. The van der Waals surface area contributed by atoms with Gasteiger partial charge in [0.1, 0.15) is 11.5 Å². The van der Waals surface area contributed by atoms with Crippen molar-refractivity contribution < 1.29 is 14.1 Å². The molecule has 0 amide bonds. The summed E-state index contributed by atoms with van der Waals surface area (Å²) in [5.41, 5.74) is 2.99. The largest absolute Gasteiger partial charge is 0.298 e. The SMILES string of the molecule is O=Cc1cn(-c2nc3ncccc3cc2-c2ccc(F)cc2)nc1-c1ccc([N+](=O)[O-])cc1. The minimum Gasteiger partial charge on any atom is -0.298 e. The normalized spacial score (nSPS) is 10.9. The lowest BCUT2D eigenvalue weighted by Gasteiger charge is -2.11. The maximum atomic E-state index is 13.5. The fourth-order valence-electron chi connectivity index (χ4n) is 3.56. The van der Waals surface area contributed by atoms with Gasteiger partial charge in [0.05, 0.1) is 10.5 Å². The van der Waals surface area contributed by atoms with Gasteiger partial charge in [0.15, 0.2) is 17.8 Å². The number of rotatable bonds is 5. The molecule has 5 rings (SSSR count). The molecule has 0 aliphatic heterocycles. The number of fused-ring (bicyclic) bond motifs is 1. The molecule has 0 aliphatic rings. The number of aldehydes is 1. The van der Waals surface area contributed by atoms with Crippen molar-refractivity contribution in [2.24, 2.45) is 0 Å². The van der Waals surface area contributed by atoms with E-state index in [9.17, 15) is 19.3 Å². The first-order valence-corrected chi connectivity index (χ1v) is 9.85.